The number of hydrogen-bond donors (Lipinski definition) is 0. The molecule has 0 aliphatic heterocycles. The third-order valence-corrected chi connectivity index (χ3v) is 9.99. The zero-order valence-electron chi connectivity index (χ0n) is 39.8. The minimum absolute atomic E-state index is 0.0921. The van der Waals surface area contributed by atoms with Crippen LogP contribution in [0.15, 0.2) is 109 Å². The molecule has 0 aromatic rings. The number of unbranched alkanes of at least 4 members (excludes halogenated alkanes) is 14. The van der Waals surface area contributed by atoms with Crippen molar-refractivity contribution in [3.8, 4) is 0 Å². The first-order chi connectivity index (χ1) is 30.5. The van der Waals surface area contributed by atoms with E-state index >= 15 is 0 Å². The lowest BCUT2D eigenvalue weighted by molar-refractivity contribution is -0.167. The molecule has 0 aromatic heterocycles. The minimum Gasteiger partial charge on any atom is -0.462 e. The second kappa shape index (κ2) is 49.7. The lowest BCUT2D eigenvalue weighted by Crippen LogP contribution is -2.30. The molecule has 0 aliphatic rings. The maximum absolute atomic E-state index is 12.6. The van der Waals surface area contributed by atoms with Crippen LogP contribution in [0.5, 0.6) is 0 Å². The molecular formula is C56H90O6. The summed E-state index contributed by atoms with van der Waals surface area (Å²) in [6.45, 7) is 6.32. The molecule has 6 heteroatoms. The maximum Gasteiger partial charge on any atom is 0.306 e. The number of allylic oxidation sites excluding steroid dienone is 18. The van der Waals surface area contributed by atoms with Crippen LogP contribution in [-0.4, -0.2) is 37.2 Å². The van der Waals surface area contributed by atoms with Crippen molar-refractivity contribution in [3.63, 3.8) is 0 Å². The molecule has 0 saturated carbocycles. The molecular weight excluding hydrogens is 769 g/mol. The van der Waals surface area contributed by atoms with E-state index in [1.54, 1.807) is 0 Å². The van der Waals surface area contributed by atoms with Gasteiger partial charge in [0.15, 0.2) is 6.10 Å². The van der Waals surface area contributed by atoms with E-state index in [2.05, 4.69) is 130 Å². The van der Waals surface area contributed by atoms with E-state index in [4.69, 9.17) is 14.2 Å². The zero-order valence-corrected chi connectivity index (χ0v) is 39.8. The summed E-state index contributed by atoms with van der Waals surface area (Å²) in [7, 11) is 0. The summed E-state index contributed by atoms with van der Waals surface area (Å²) in [4.78, 5) is 37.5. The highest BCUT2D eigenvalue weighted by Crippen LogP contribution is 2.12. The zero-order chi connectivity index (χ0) is 45.1. The Morgan fingerprint density at radius 3 is 1.06 bits per heavy atom. The molecule has 350 valence electrons. The van der Waals surface area contributed by atoms with Gasteiger partial charge in [-0.05, 0) is 103 Å². The van der Waals surface area contributed by atoms with Gasteiger partial charge in [0.25, 0.3) is 0 Å². The smallest absolute Gasteiger partial charge is 0.306 e. The summed E-state index contributed by atoms with van der Waals surface area (Å²) < 4.78 is 16.6. The molecule has 0 heterocycles. The largest absolute Gasteiger partial charge is 0.462 e. The number of carbonyl (C=O) groups is 3. The van der Waals surface area contributed by atoms with Crippen molar-refractivity contribution in [2.45, 2.75) is 213 Å². The quantitative estimate of drug-likeness (QED) is 0.0263. The van der Waals surface area contributed by atoms with Crippen molar-refractivity contribution >= 4 is 17.9 Å². The van der Waals surface area contributed by atoms with Crippen LogP contribution < -0.4 is 0 Å². The normalized spacial score (nSPS) is 13.0. The van der Waals surface area contributed by atoms with Crippen molar-refractivity contribution in [1.82, 2.24) is 0 Å². The van der Waals surface area contributed by atoms with Gasteiger partial charge in [-0.15, -0.1) is 0 Å². The molecule has 0 saturated heterocycles. The molecule has 0 amide bonds. The van der Waals surface area contributed by atoms with Crippen LogP contribution in [0, 0.1) is 0 Å². The fraction of sp³-hybridized carbons (Fsp3) is 0.625. The monoisotopic (exact) mass is 859 g/mol. The molecule has 0 fully saturated rings. The number of rotatable bonds is 43. The van der Waals surface area contributed by atoms with Gasteiger partial charge in [-0.1, -0.05) is 194 Å². The van der Waals surface area contributed by atoms with E-state index < -0.39 is 6.10 Å². The number of carbonyl (C=O) groups excluding carboxylic acids is 3. The highest BCUT2D eigenvalue weighted by molar-refractivity contribution is 5.71. The molecule has 0 spiro atoms. The van der Waals surface area contributed by atoms with E-state index in [1.165, 1.54) is 12.8 Å². The van der Waals surface area contributed by atoms with Crippen molar-refractivity contribution < 1.29 is 28.6 Å². The summed E-state index contributed by atoms with van der Waals surface area (Å²) in [6.07, 6.45) is 66.9. The first-order valence-electron chi connectivity index (χ1n) is 24.9. The lowest BCUT2D eigenvalue weighted by atomic mass is 10.1. The first kappa shape index (κ1) is 58.1. The average Bonchev–Trinajstić information content (AvgIpc) is 3.27. The second-order valence-electron chi connectivity index (χ2n) is 16.0. The number of esters is 3. The van der Waals surface area contributed by atoms with E-state index in [9.17, 15) is 14.4 Å². The average molecular weight is 859 g/mol. The van der Waals surface area contributed by atoms with Crippen LogP contribution in [0.2, 0.25) is 0 Å². The van der Waals surface area contributed by atoms with Crippen molar-refractivity contribution in [2.24, 2.45) is 0 Å². The Hall–Kier alpha value is -3.93. The van der Waals surface area contributed by atoms with E-state index in [0.717, 1.165) is 154 Å². The summed E-state index contributed by atoms with van der Waals surface area (Å²) in [6, 6.07) is 0. The van der Waals surface area contributed by atoms with E-state index in [-0.39, 0.29) is 31.1 Å². The summed E-state index contributed by atoms with van der Waals surface area (Å²) >= 11 is 0. The van der Waals surface area contributed by atoms with Crippen molar-refractivity contribution in [1.29, 1.82) is 0 Å². The van der Waals surface area contributed by atoms with Gasteiger partial charge in [0.1, 0.15) is 13.2 Å². The van der Waals surface area contributed by atoms with Gasteiger partial charge in [0, 0.05) is 19.3 Å². The Balaban J connectivity index is 4.16. The Morgan fingerprint density at radius 1 is 0.339 bits per heavy atom. The van der Waals surface area contributed by atoms with Crippen LogP contribution in [-0.2, 0) is 28.6 Å². The van der Waals surface area contributed by atoms with Crippen molar-refractivity contribution in [2.75, 3.05) is 13.2 Å². The van der Waals surface area contributed by atoms with Gasteiger partial charge in [-0.25, -0.2) is 0 Å². The van der Waals surface area contributed by atoms with Crippen molar-refractivity contribution in [3.05, 3.63) is 109 Å². The Morgan fingerprint density at radius 2 is 0.661 bits per heavy atom. The lowest BCUT2D eigenvalue weighted by Gasteiger charge is -2.18. The van der Waals surface area contributed by atoms with Crippen LogP contribution in [0.25, 0.3) is 0 Å². The molecule has 0 bridgehead atoms. The molecule has 6 nitrogen and oxygen atoms in total. The Labute approximate surface area is 380 Å². The summed E-state index contributed by atoms with van der Waals surface area (Å²) in [5.74, 6) is -0.953. The van der Waals surface area contributed by atoms with Crippen LogP contribution in [0.4, 0.5) is 0 Å². The molecule has 0 aromatic carbocycles. The highest BCUT2D eigenvalue weighted by Gasteiger charge is 2.19. The van der Waals surface area contributed by atoms with E-state index in [0.29, 0.717) is 19.3 Å². The first-order valence-corrected chi connectivity index (χ1v) is 24.9. The molecule has 0 aliphatic carbocycles. The van der Waals surface area contributed by atoms with Crippen LogP contribution >= 0.6 is 0 Å². The van der Waals surface area contributed by atoms with Gasteiger partial charge < -0.3 is 14.2 Å². The maximum atomic E-state index is 12.6. The fourth-order valence-electron chi connectivity index (χ4n) is 6.28. The highest BCUT2D eigenvalue weighted by atomic mass is 16.6. The molecule has 0 N–H and O–H groups in total. The van der Waals surface area contributed by atoms with Gasteiger partial charge >= 0.3 is 17.9 Å². The predicted octanol–water partition coefficient (Wildman–Crippen LogP) is 16.4. The second-order valence-corrected chi connectivity index (χ2v) is 16.0. The standard InChI is InChI=1S/C56H90O6/c1-4-7-10-13-15-17-19-20-21-22-23-24-25-26-27-28-29-30-31-32-33-34-35-36-37-39-40-43-46-49-55(58)61-52-53(51-60-54(57)48-45-42-12-9-6-3)62-56(59)50-47-44-41-38-18-16-14-11-8-5-2/h7,10-11,14-15,17,20-21,23-24,26-27,29-30,32-33,35-36,53H,4-6,8-9,12-13,16,18-19,22,25,28,31,34,37-52H2,1-3H3/b10-7-,14-11-,17-15-,21-20-,24-23-,27-26-,30-29-,33-32-,36-35-. The molecule has 0 rings (SSSR count). The molecule has 0 radical (unpaired) electrons. The summed E-state index contributed by atoms with van der Waals surface area (Å²) in [5.41, 5.74) is 0. The Bertz CT molecular complexity index is 1310. The fourth-order valence-corrected chi connectivity index (χ4v) is 6.28. The predicted molar refractivity (Wildman–Crippen MR) is 265 cm³/mol. The van der Waals surface area contributed by atoms with Gasteiger partial charge in [-0.2, -0.15) is 0 Å². The summed E-state index contributed by atoms with van der Waals surface area (Å²) in [5, 5.41) is 0. The van der Waals surface area contributed by atoms with Crippen LogP contribution in [0.3, 0.4) is 0 Å². The van der Waals surface area contributed by atoms with E-state index in [1.807, 2.05) is 0 Å². The minimum atomic E-state index is -0.788. The third-order valence-electron chi connectivity index (χ3n) is 9.99. The SMILES string of the molecule is CC/C=C\C/C=C\C/C=C\C/C=C\C/C=C\C/C=C\C/C=C\C/C=C\CCCCCCC(=O)OCC(COC(=O)CCCCCCC)OC(=O)CCCCCCC/C=C\CCC. The van der Waals surface area contributed by atoms with Gasteiger partial charge in [0.05, 0.1) is 0 Å². The molecule has 1 unspecified atom stereocenters. The topological polar surface area (TPSA) is 78.9 Å². The number of ether oxygens (including phenoxy) is 3. The number of hydrogen-bond acceptors (Lipinski definition) is 6. The molecule has 62 heavy (non-hydrogen) atoms. The Kier molecular flexibility index (Phi) is 46.6. The molecule has 1 atom stereocenters. The van der Waals surface area contributed by atoms with Crippen LogP contribution in [0.1, 0.15) is 207 Å². The third kappa shape index (κ3) is 47.1. The van der Waals surface area contributed by atoms with Gasteiger partial charge in [0.2, 0.25) is 0 Å². The van der Waals surface area contributed by atoms with Gasteiger partial charge in [-0.3, -0.25) is 14.4 Å².